The Morgan fingerprint density at radius 3 is 2.95 bits per heavy atom. The summed E-state index contributed by atoms with van der Waals surface area (Å²) in [5.41, 5.74) is 7.56. The second-order valence-corrected chi connectivity index (χ2v) is 5.12. The predicted molar refractivity (Wildman–Crippen MR) is 80.8 cm³/mol. The van der Waals surface area contributed by atoms with E-state index in [1.165, 1.54) is 19.3 Å². The largest absolute Gasteiger partial charge is 0.497 e. The highest BCUT2D eigenvalue weighted by atomic mass is 16.5. The number of rotatable bonds is 4. The van der Waals surface area contributed by atoms with E-state index in [2.05, 4.69) is 17.0 Å². The summed E-state index contributed by atoms with van der Waals surface area (Å²) in [5.74, 6) is 0.929. The van der Waals surface area contributed by atoms with Crippen molar-refractivity contribution in [1.29, 1.82) is 0 Å². The standard InChI is InChI=1S/C15H23N3O2/c1-3-11-6-4-5-9-18(11)14-10-12(20-2)7-8-13(14)15(16)17-19/h7-8,10-11,19H,3-6,9H2,1-2H3,(H2,16,17). The van der Waals surface area contributed by atoms with Crippen molar-refractivity contribution in [2.45, 2.75) is 38.6 Å². The van der Waals surface area contributed by atoms with E-state index in [1.807, 2.05) is 18.2 Å². The summed E-state index contributed by atoms with van der Waals surface area (Å²) in [5, 5.41) is 12.1. The van der Waals surface area contributed by atoms with Gasteiger partial charge in [-0.15, -0.1) is 0 Å². The van der Waals surface area contributed by atoms with E-state index in [-0.39, 0.29) is 5.84 Å². The van der Waals surface area contributed by atoms with Gasteiger partial charge in [0, 0.05) is 24.2 Å². The molecule has 3 N–H and O–H groups in total. The molecular weight excluding hydrogens is 254 g/mol. The van der Waals surface area contributed by atoms with Gasteiger partial charge in [-0.1, -0.05) is 12.1 Å². The summed E-state index contributed by atoms with van der Waals surface area (Å²) in [6.07, 6.45) is 4.71. The van der Waals surface area contributed by atoms with Crippen molar-refractivity contribution >= 4 is 11.5 Å². The summed E-state index contributed by atoms with van der Waals surface area (Å²) in [6.45, 7) is 3.20. The van der Waals surface area contributed by atoms with Crippen LogP contribution in [0.3, 0.4) is 0 Å². The molecule has 0 saturated carbocycles. The molecule has 1 atom stereocenters. The lowest BCUT2D eigenvalue weighted by atomic mass is 9.97. The minimum absolute atomic E-state index is 0.142. The molecule has 1 aromatic carbocycles. The molecule has 0 aromatic heterocycles. The van der Waals surface area contributed by atoms with E-state index in [4.69, 9.17) is 15.7 Å². The number of oxime groups is 1. The maximum atomic E-state index is 8.97. The lowest BCUT2D eigenvalue weighted by Crippen LogP contribution is -2.40. The van der Waals surface area contributed by atoms with Gasteiger partial charge < -0.3 is 20.6 Å². The minimum atomic E-state index is 0.142. The first-order chi connectivity index (χ1) is 9.71. The molecule has 0 spiro atoms. The maximum Gasteiger partial charge on any atom is 0.172 e. The molecule has 2 rings (SSSR count). The molecule has 1 saturated heterocycles. The number of benzene rings is 1. The number of hydrogen-bond acceptors (Lipinski definition) is 4. The minimum Gasteiger partial charge on any atom is -0.497 e. The smallest absolute Gasteiger partial charge is 0.172 e. The van der Waals surface area contributed by atoms with Crippen LogP contribution in [0.1, 0.15) is 38.2 Å². The first-order valence-corrected chi connectivity index (χ1v) is 7.13. The number of ether oxygens (including phenoxy) is 1. The van der Waals surface area contributed by atoms with Crippen LogP contribution in [0, 0.1) is 0 Å². The van der Waals surface area contributed by atoms with Gasteiger partial charge in [-0.3, -0.25) is 0 Å². The van der Waals surface area contributed by atoms with Gasteiger partial charge in [0.05, 0.1) is 12.8 Å². The topological polar surface area (TPSA) is 71.1 Å². The molecule has 1 aromatic rings. The van der Waals surface area contributed by atoms with Crippen molar-refractivity contribution in [3.05, 3.63) is 23.8 Å². The summed E-state index contributed by atoms with van der Waals surface area (Å²) in [7, 11) is 1.65. The van der Waals surface area contributed by atoms with Gasteiger partial charge in [-0.05, 0) is 37.8 Å². The Labute approximate surface area is 120 Å². The Balaban J connectivity index is 2.45. The second kappa shape index (κ2) is 6.50. The molecule has 0 amide bonds. The van der Waals surface area contributed by atoms with Crippen molar-refractivity contribution in [3.8, 4) is 5.75 Å². The van der Waals surface area contributed by atoms with Crippen LogP contribution in [0.15, 0.2) is 23.4 Å². The van der Waals surface area contributed by atoms with Gasteiger partial charge in [0.2, 0.25) is 0 Å². The van der Waals surface area contributed by atoms with Crippen molar-refractivity contribution in [3.63, 3.8) is 0 Å². The zero-order valence-corrected chi connectivity index (χ0v) is 12.2. The summed E-state index contributed by atoms with van der Waals surface area (Å²) >= 11 is 0. The first kappa shape index (κ1) is 14.5. The van der Waals surface area contributed by atoms with Crippen LogP contribution in [0.5, 0.6) is 5.75 Å². The molecule has 0 bridgehead atoms. The molecule has 5 heteroatoms. The number of nitrogens with zero attached hydrogens (tertiary/aromatic N) is 2. The van der Waals surface area contributed by atoms with Crippen LogP contribution in [0.2, 0.25) is 0 Å². The zero-order valence-electron chi connectivity index (χ0n) is 12.2. The number of anilines is 1. The van der Waals surface area contributed by atoms with Crippen LogP contribution in [0.4, 0.5) is 5.69 Å². The highest BCUT2D eigenvalue weighted by molar-refractivity contribution is 6.02. The molecule has 1 unspecified atom stereocenters. The summed E-state index contributed by atoms with van der Waals surface area (Å²) < 4.78 is 5.31. The Morgan fingerprint density at radius 1 is 1.50 bits per heavy atom. The summed E-state index contributed by atoms with van der Waals surface area (Å²) in [4.78, 5) is 2.36. The SMILES string of the molecule is CCC1CCCCN1c1cc(OC)ccc1/C(N)=N/O. The normalized spacial score (nSPS) is 20.0. The number of piperidine rings is 1. The number of methoxy groups -OCH3 is 1. The molecule has 5 nitrogen and oxygen atoms in total. The molecule has 0 aliphatic carbocycles. The van der Waals surface area contributed by atoms with Crippen LogP contribution >= 0.6 is 0 Å². The van der Waals surface area contributed by atoms with E-state index < -0.39 is 0 Å². The molecule has 1 aliphatic heterocycles. The molecule has 0 radical (unpaired) electrons. The first-order valence-electron chi connectivity index (χ1n) is 7.13. The fraction of sp³-hybridized carbons (Fsp3) is 0.533. The average molecular weight is 277 g/mol. The zero-order chi connectivity index (χ0) is 14.5. The van der Waals surface area contributed by atoms with Gasteiger partial charge in [0.1, 0.15) is 5.75 Å². The van der Waals surface area contributed by atoms with E-state index in [9.17, 15) is 0 Å². The van der Waals surface area contributed by atoms with Crippen molar-refractivity contribution in [1.82, 2.24) is 0 Å². The molecular formula is C15H23N3O2. The Hall–Kier alpha value is -1.91. The molecule has 1 heterocycles. The van der Waals surface area contributed by atoms with Gasteiger partial charge in [-0.25, -0.2) is 0 Å². The van der Waals surface area contributed by atoms with Crippen molar-refractivity contribution in [2.24, 2.45) is 10.9 Å². The predicted octanol–water partition coefficient (Wildman–Crippen LogP) is 2.56. The molecule has 1 fully saturated rings. The van der Waals surface area contributed by atoms with Gasteiger partial charge >= 0.3 is 0 Å². The maximum absolute atomic E-state index is 8.97. The second-order valence-electron chi connectivity index (χ2n) is 5.12. The quantitative estimate of drug-likeness (QED) is 0.384. The van der Waals surface area contributed by atoms with E-state index >= 15 is 0 Å². The third-order valence-electron chi connectivity index (χ3n) is 4.00. The van der Waals surface area contributed by atoms with E-state index in [0.717, 1.165) is 30.0 Å². The molecule has 110 valence electrons. The third-order valence-corrected chi connectivity index (χ3v) is 4.00. The van der Waals surface area contributed by atoms with Crippen LogP contribution in [-0.4, -0.2) is 30.7 Å². The average Bonchev–Trinajstić information content (AvgIpc) is 2.53. The van der Waals surface area contributed by atoms with E-state index in [0.29, 0.717) is 6.04 Å². The lowest BCUT2D eigenvalue weighted by molar-refractivity contribution is 0.318. The number of amidine groups is 1. The van der Waals surface area contributed by atoms with Crippen LogP contribution < -0.4 is 15.4 Å². The monoisotopic (exact) mass is 277 g/mol. The van der Waals surface area contributed by atoms with Crippen LogP contribution in [-0.2, 0) is 0 Å². The fourth-order valence-corrected chi connectivity index (χ4v) is 2.89. The van der Waals surface area contributed by atoms with E-state index in [1.54, 1.807) is 7.11 Å². The number of hydrogen-bond donors (Lipinski definition) is 2. The molecule has 1 aliphatic rings. The third kappa shape index (κ3) is 2.81. The van der Waals surface area contributed by atoms with Gasteiger partial charge in [0.25, 0.3) is 0 Å². The highest BCUT2D eigenvalue weighted by Crippen LogP contribution is 2.32. The van der Waals surface area contributed by atoms with Crippen molar-refractivity contribution in [2.75, 3.05) is 18.6 Å². The molecule has 20 heavy (non-hydrogen) atoms. The van der Waals surface area contributed by atoms with Gasteiger partial charge in [-0.2, -0.15) is 0 Å². The van der Waals surface area contributed by atoms with Crippen LogP contribution in [0.25, 0.3) is 0 Å². The fourth-order valence-electron chi connectivity index (χ4n) is 2.89. The summed E-state index contributed by atoms with van der Waals surface area (Å²) in [6, 6.07) is 6.16. The Morgan fingerprint density at radius 2 is 2.30 bits per heavy atom. The highest BCUT2D eigenvalue weighted by Gasteiger charge is 2.24. The lowest BCUT2D eigenvalue weighted by Gasteiger charge is -2.38. The Bertz CT molecular complexity index is 488. The number of nitrogens with two attached hydrogens (primary N) is 1. The van der Waals surface area contributed by atoms with Crippen molar-refractivity contribution < 1.29 is 9.94 Å². The van der Waals surface area contributed by atoms with Gasteiger partial charge in [0.15, 0.2) is 5.84 Å². The Kier molecular flexibility index (Phi) is 4.71.